The zero-order valence-corrected chi connectivity index (χ0v) is 11.7. The maximum absolute atomic E-state index is 11.2. The van der Waals surface area contributed by atoms with Gasteiger partial charge in [-0.1, -0.05) is 0 Å². The predicted octanol–water partition coefficient (Wildman–Crippen LogP) is 1.05. The first-order valence-electron chi connectivity index (χ1n) is 7.37. The highest BCUT2D eigenvalue weighted by Gasteiger charge is 2.38. The highest BCUT2D eigenvalue weighted by molar-refractivity contribution is 5.80. The van der Waals surface area contributed by atoms with Gasteiger partial charge in [-0.05, 0) is 45.2 Å². The molecule has 2 heterocycles. The molecule has 0 amide bonds. The summed E-state index contributed by atoms with van der Waals surface area (Å²) in [5.74, 6) is -3.52. The number of likely N-dealkylation sites (tertiary alicyclic amines) is 1. The lowest BCUT2D eigenvalue weighted by atomic mass is 9.85. The highest BCUT2D eigenvalue weighted by atomic mass is 16.5. The predicted molar refractivity (Wildman–Crippen MR) is 71.5 cm³/mol. The molecule has 0 spiro atoms. The number of nitrogens with zero attached hydrogens (tertiary/aromatic N) is 1. The van der Waals surface area contributed by atoms with Crippen molar-refractivity contribution in [3.8, 4) is 0 Å². The van der Waals surface area contributed by atoms with Crippen molar-refractivity contribution in [2.24, 2.45) is 11.8 Å². The van der Waals surface area contributed by atoms with E-state index in [1.807, 2.05) is 0 Å². The lowest BCUT2D eigenvalue weighted by molar-refractivity contribution is -0.157. The van der Waals surface area contributed by atoms with E-state index < -0.39 is 23.8 Å². The molecular weight excluding hydrogens is 262 g/mol. The van der Waals surface area contributed by atoms with Crippen LogP contribution in [0.25, 0.3) is 0 Å². The number of rotatable bonds is 6. The lowest BCUT2D eigenvalue weighted by Gasteiger charge is -2.34. The fraction of sp³-hybridized carbons (Fsp3) is 0.857. The third kappa shape index (κ3) is 3.93. The van der Waals surface area contributed by atoms with Gasteiger partial charge < -0.3 is 19.8 Å². The molecule has 2 N–H and O–H groups in total. The molecule has 0 aliphatic carbocycles. The van der Waals surface area contributed by atoms with Gasteiger partial charge in [0, 0.05) is 13.2 Å². The maximum atomic E-state index is 11.2. The first-order chi connectivity index (χ1) is 9.58. The van der Waals surface area contributed by atoms with Crippen LogP contribution in [0.2, 0.25) is 0 Å². The standard InChI is InChI=1S/C14H23NO5/c16-13(17)11-5-7-15(9-12(11)14(18)19)6-1-3-10-4-2-8-20-10/h10-12H,1-9H2,(H,16,17)(H,18,19). The van der Waals surface area contributed by atoms with Gasteiger partial charge in [-0.3, -0.25) is 9.59 Å². The summed E-state index contributed by atoms with van der Waals surface area (Å²) in [4.78, 5) is 24.3. The zero-order chi connectivity index (χ0) is 14.5. The molecule has 6 nitrogen and oxygen atoms in total. The molecule has 0 aromatic rings. The van der Waals surface area contributed by atoms with E-state index in [-0.39, 0.29) is 0 Å². The Morgan fingerprint density at radius 1 is 1.15 bits per heavy atom. The lowest BCUT2D eigenvalue weighted by Crippen LogP contribution is -2.46. The van der Waals surface area contributed by atoms with Gasteiger partial charge in [0.25, 0.3) is 0 Å². The Morgan fingerprint density at radius 2 is 1.90 bits per heavy atom. The quantitative estimate of drug-likeness (QED) is 0.758. The van der Waals surface area contributed by atoms with Crippen LogP contribution in [0, 0.1) is 11.8 Å². The van der Waals surface area contributed by atoms with Crippen molar-refractivity contribution in [1.82, 2.24) is 4.90 Å². The number of ether oxygens (including phenoxy) is 1. The molecule has 6 heteroatoms. The van der Waals surface area contributed by atoms with E-state index in [9.17, 15) is 9.59 Å². The number of aliphatic carboxylic acids is 2. The van der Waals surface area contributed by atoms with E-state index in [1.165, 1.54) is 0 Å². The number of hydrogen-bond acceptors (Lipinski definition) is 4. The number of carboxylic acids is 2. The van der Waals surface area contributed by atoms with Gasteiger partial charge in [-0.2, -0.15) is 0 Å². The van der Waals surface area contributed by atoms with Gasteiger partial charge in [0.05, 0.1) is 17.9 Å². The first kappa shape index (κ1) is 15.3. The Bertz CT molecular complexity index is 353. The summed E-state index contributed by atoms with van der Waals surface area (Å²) >= 11 is 0. The second-order valence-electron chi connectivity index (χ2n) is 5.76. The molecule has 20 heavy (non-hydrogen) atoms. The number of carboxylic acid groups (broad SMARTS) is 2. The van der Waals surface area contributed by atoms with Crippen LogP contribution in [-0.4, -0.2) is 59.4 Å². The average Bonchev–Trinajstić information content (AvgIpc) is 2.91. The number of hydrogen-bond donors (Lipinski definition) is 2. The van der Waals surface area contributed by atoms with Crippen LogP contribution in [-0.2, 0) is 14.3 Å². The smallest absolute Gasteiger partial charge is 0.308 e. The van der Waals surface area contributed by atoms with Crippen LogP contribution < -0.4 is 0 Å². The zero-order valence-electron chi connectivity index (χ0n) is 11.7. The van der Waals surface area contributed by atoms with Gasteiger partial charge >= 0.3 is 11.9 Å². The van der Waals surface area contributed by atoms with E-state index >= 15 is 0 Å². The molecular formula is C14H23NO5. The van der Waals surface area contributed by atoms with Gasteiger partial charge in [0.15, 0.2) is 0 Å². The van der Waals surface area contributed by atoms with Crippen LogP contribution >= 0.6 is 0 Å². The van der Waals surface area contributed by atoms with Crippen molar-refractivity contribution < 1.29 is 24.5 Å². The fourth-order valence-electron chi connectivity index (χ4n) is 3.18. The van der Waals surface area contributed by atoms with Gasteiger partial charge in [0.2, 0.25) is 0 Å². The van der Waals surface area contributed by atoms with E-state index in [0.29, 0.717) is 25.6 Å². The topological polar surface area (TPSA) is 87.1 Å². The molecule has 0 aromatic heterocycles. The summed E-state index contributed by atoms with van der Waals surface area (Å²) in [5.41, 5.74) is 0. The van der Waals surface area contributed by atoms with E-state index in [1.54, 1.807) is 0 Å². The van der Waals surface area contributed by atoms with Gasteiger partial charge in [0.1, 0.15) is 0 Å². The summed E-state index contributed by atoms with van der Waals surface area (Å²) in [6.45, 7) is 2.70. The molecule has 0 saturated carbocycles. The van der Waals surface area contributed by atoms with Crippen molar-refractivity contribution in [2.75, 3.05) is 26.2 Å². The first-order valence-corrected chi connectivity index (χ1v) is 7.37. The Labute approximate surface area is 118 Å². The van der Waals surface area contributed by atoms with E-state index in [2.05, 4.69) is 4.90 Å². The van der Waals surface area contributed by atoms with Crippen molar-refractivity contribution in [2.45, 2.75) is 38.2 Å². The second-order valence-corrected chi connectivity index (χ2v) is 5.76. The van der Waals surface area contributed by atoms with Crippen molar-refractivity contribution in [3.63, 3.8) is 0 Å². The minimum Gasteiger partial charge on any atom is -0.481 e. The molecule has 3 atom stereocenters. The second kappa shape index (κ2) is 7.04. The molecule has 0 aromatic carbocycles. The number of carbonyl (C=O) groups is 2. The van der Waals surface area contributed by atoms with Gasteiger partial charge in [-0.25, -0.2) is 0 Å². The van der Waals surface area contributed by atoms with Crippen molar-refractivity contribution in [1.29, 1.82) is 0 Å². The van der Waals surface area contributed by atoms with Crippen LogP contribution in [0.1, 0.15) is 32.1 Å². The Kier molecular flexibility index (Phi) is 5.37. The highest BCUT2D eigenvalue weighted by Crippen LogP contribution is 2.25. The summed E-state index contributed by atoms with van der Waals surface area (Å²) in [5, 5.41) is 18.2. The summed E-state index contributed by atoms with van der Waals surface area (Å²) < 4.78 is 5.56. The van der Waals surface area contributed by atoms with Gasteiger partial charge in [-0.15, -0.1) is 0 Å². The third-order valence-corrected chi connectivity index (χ3v) is 4.36. The van der Waals surface area contributed by atoms with Crippen LogP contribution in [0.3, 0.4) is 0 Å². The Morgan fingerprint density at radius 3 is 2.50 bits per heavy atom. The molecule has 2 fully saturated rings. The minimum absolute atomic E-state index is 0.345. The molecule has 3 unspecified atom stereocenters. The molecule has 2 aliphatic rings. The summed E-state index contributed by atoms with van der Waals surface area (Å²) in [7, 11) is 0. The fourth-order valence-corrected chi connectivity index (χ4v) is 3.18. The normalized spacial score (nSPS) is 31.3. The van der Waals surface area contributed by atoms with Crippen LogP contribution in [0.4, 0.5) is 0 Å². The van der Waals surface area contributed by atoms with Crippen molar-refractivity contribution >= 4 is 11.9 Å². The molecule has 2 rings (SSSR count). The average molecular weight is 285 g/mol. The molecule has 0 radical (unpaired) electrons. The van der Waals surface area contributed by atoms with Crippen molar-refractivity contribution in [3.05, 3.63) is 0 Å². The van der Waals surface area contributed by atoms with E-state index in [4.69, 9.17) is 14.9 Å². The Hall–Kier alpha value is -1.14. The molecule has 114 valence electrons. The van der Waals surface area contributed by atoms with Crippen LogP contribution in [0.15, 0.2) is 0 Å². The summed E-state index contributed by atoms with van der Waals surface area (Å²) in [6, 6.07) is 0. The third-order valence-electron chi connectivity index (χ3n) is 4.36. The Balaban J connectivity index is 1.76. The maximum Gasteiger partial charge on any atom is 0.308 e. The minimum atomic E-state index is -0.999. The van der Waals surface area contributed by atoms with Crippen LogP contribution in [0.5, 0.6) is 0 Å². The molecule has 2 aliphatic heterocycles. The van der Waals surface area contributed by atoms with E-state index in [0.717, 1.165) is 38.8 Å². The molecule has 0 bridgehead atoms. The number of piperidine rings is 1. The summed E-state index contributed by atoms with van der Waals surface area (Å²) in [6.07, 6.45) is 5.04. The SMILES string of the molecule is O=C(O)C1CCN(CCCC2CCCO2)CC1C(=O)O. The monoisotopic (exact) mass is 285 g/mol. The largest absolute Gasteiger partial charge is 0.481 e. The molecule has 2 saturated heterocycles.